The number of fused-ring (bicyclic) bond motifs is 2. The first-order chi connectivity index (χ1) is 14.6. The summed E-state index contributed by atoms with van der Waals surface area (Å²) in [5.74, 6) is -1.81. The quantitative estimate of drug-likeness (QED) is 0.569. The maximum Gasteiger partial charge on any atom is 0.339 e. The number of allylic oxidation sites excluding steroid dienone is 2. The topological polar surface area (TPSA) is 97.4 Å². The van der Waals surface area contributed by atoms with Gasteiger partial charge in [-0.3, -0.25) is 14.6 Å². The highest BCUT2D eigenvalue weighted by Crippen LogP contribution is 2.48. The first kappa shape index (κ1) is 19.8. The lowest BCUT2D eigenvalue weighted by Gasteiger charge is -2.26. The van der Waals surface area contributed by atoms with Crippen LogP contribution < -0.4 is 10.6 Å². The van der Waals surface area contributed by atoms with Crippen LogP contribution in [0.4, 0.5) is 5.69 Å². The van der Waals surface area contributed by atoms with Crippen molar-refractivity contribution < 1.29 is 19.1 Å². The summed E-state index contributed by atoms with van der Waals surface area (Å²) in [6.45, 7) is 0.365. The van der Waals surface area contributed by atoms with E-state index in [1.807, 2.05) is 24.3 Å². The number of nitrogens with one attached hydrogen (secondary N) is 2. The van der Waals surface area contributed by atoms with Crippen LogP contribution in [0.3, 0.4) is 0 Å². The first-order valence-electron chi connectivity index (χ1n) is 9.91. The van der Waals surface area contributed by atoms with Gasteiger partial charge in [0.25, 0.3) is 0 Å². The molecule has 1 aromatic heterocycles. The summed E-state index contributed by atoms with van der Waals surface area (Å²) in [5, 5.41) is 5.79. The Balaban J connectivity index is 1.50. The highest BCUT2D eigenvalue weighted by molar-refractivity contribution is 6.03. The van der Waals surface area contributed by atoms with Crippen LogP contribution in [0.2, 0.25) is 0 Å². The number of hydrogen-bond acceptors (Lipinski definition) is 5. The molecule has 7 heteroatoms. The Hall–Kier alpha value is -3.48. The minimum atomic E-state index is -0.524. The van der Waals surface area contributed by atoms with Gasteiger partial charge < -0.3 is 15.4 Å². The normalized spacial score (nSPS) is 23.8. The molecule has 2 amide bonds. The number of pyridine rings is 1. The zero-order valence-electron chi connectivity index (χ0n) is 16.6. The fourth-order valence-corrected chi connectivity index (χ4v) is 4.44. The lowest BCUT2D eigenvalue weighted by molar-refractivity contribution is -0.133. The van der Waals surface area contributed by atoms with Gasteiger partial charge >= 0.3 is 5.97 Å². The van der Waals surface area contributed by atoms with Gasteiger partial charge in [0.1, 0.15) is 0 Å². The zero-order valence-corrected chi connectivity index (χ0v) is 16.6. The van der Waals surface area contributed by atoms with Crippen LogP contribution in [0.1, 0.15) is 22.3 Å². The molecular weight excluding hydrogens is 382 g/mol. The molecule has 2 bridgehead atoms. The van der Waals surface area contributed by atoms with Crippen molar-refractivity contribution >= 4 is 23.5 Å². The number of rotatable bonds is 6. The molecule has 1 saturated carbocycles. The Kier molecular flexibility index (Phi) is 5.61. The van der Waals surface area contributed by atoms with E-state index in [9.17, 15) is 14.4 Å². The van der Waals surface area contributed by atoms with Crippen molar-refractivity contribution in [2.45, 2.75) is 13.0 Å². The second-order valence-electron chi connectivity index (χ2n) is 7.61. The first-order valence-corrected chi connectivity index (χ1v) is 9.91. The molecule has 0 saturated heterocycles. The molecule has 30 heavy (non-hydrogen) atoms. The molecule has 154 valence electrons. The van der Waals surface area contributed by atoms with E-state index in [1.54, 1.807) is 36.7 Å². The third-order valence-corrected chi connectivity index (χ3v) is 5.84. The van der Waals surface area contributed by atoms with E-state index < -0.39 is 17.8 Å². The van der Waals surface area contributed by atoms with Crippen LogP contribution in [0.15, 0.2) is 60.9 Å². The summed E-state index contributed by atoms with van der Waals surface area (Å²) in [4.78, 5) is 42.2. The summed E-state index contributed by atoms with van der Waals surface area (Å²) in [6.07, 6.45) is 8.21. The van der Waals surface area contributed by atoms with Crippen molar-refractivity contribution in [1.82, 2.24) is 10.3 Å². The molecular formula is C23H23N3O4. The van der Waals surface area contributed by atoms with Crippen LogP contribution in [0.25, 0.3) is 0 Å². The second kappa shape index (κ2) is 8.49. The summed E-state index contributed by atoms with van der Waals surface area (Å²) in [7, 11) is 1.30. The second-order valence-corrected chi connectivity index (χ2v) is 7.61. The number of ether oxygens (including phenoxy) is 1. The number of aromatic nitrogens is 1. The Morgan fingerprint density at radius 3 is 2.47 bits per heavy atom. The van der Waals surface area contributed by atoms with Gasteiger partial charge in [-0.15, -0.1) is 0 Å². The van der Waals surface area contributed by atoms with Crippen molar-refractivity contribution in [1.29, 1.82) is 0 Å². The number of nitrogens with zero attached hydrogens (tertiary/aromatic N) is 1. The van der Waals surface area contributed by atoms with Crippen molar-refractivity contribution in [2.24, 2.45) is 23.7 Å². The predicted molar refractivity (Wildman–Crippen MR) is 110 cm³/mol. The fourth-order valence-electron chi connectivity index (χ4n) is 4.44. The van der Waals surface area contributed by atoms with E-state index >= 15 is 0 Å². The molecule has 2 aliphatic carbocycles. The van der Waals surface area contributed by atoms with E-state index in [0.717, 1.165) is 12.0 Å². The van der Waals surface area contributed by atoms with Crippen molar-refractivity contribution in [3.8, 4) is 0 Å². The maximum atomic E-state index is 13.2. The average Bonchev–Trinajstić information content (AvgIpc) is 3.40. The Labute approximate surface area is 174 Å². The summed E-state index contributed by atoms with van der Waals surface area (Å²) in [6, 6.07) is 10.4. The molecule has 4 unspecified atom stereocenters. The average molecular weight is 405 g/mol. The Bertz CT molecular complexity index is 989. The highest BCUT2D eigenvalue weighted by atomic mass is 16.5. The minimum Gasteiger partial charge on any atom is -0.465 e. The molecule has 0 radical (unpaired) electrons. The predicted octanol–water partition coefficient (Wildman–Crippen LogP) is 2.56. The number of benzene rings is 1. The van der Waals surface area contributed by atoms with Gasteiger partial charge in [-0.05, 0) is 42.0 Å². The lowest BCUT2D eigenvalue weighted by atomic mass is 9.81. The SMILES string of the molecule is COC(=O)c1ccccc1NC(=O)C1C2C=CC(C2)C1C(=O)NCc1cccnc1. The molecule has 1 heterocycles. The highest BCUT2D eigenvalue weighted by Gasteiger charge is 2.51. The van der Waals surface area contributed by atoms with Crippen LogP contribution in [-0.2, 0) is 20.9 Å². The van der Waals surface area contributed by atoms with Gasteiger partial charge in [-0.1, -0.05) is 30.4 Å². The summed E-state index contributed by atoms with van der Waals surface area (Å²) >= 11 is 0. The largest absolute Gasteiger partial charge is 0.465 e. The number of amides is 2. The van der Waals surface area contributed by atoms with Crippen molar-refractivity contribution in [3.63, 3.8) is 0 Å². The number of anilines is 1. The number of esters is 1. The maximum absolute atomic E-state index is 13.2. The smallest absolute Gasteiger partial charge is 0.339 e. The van der Waals surface area contributed by atoms with Gasteiger partial charge in [-0.2, -0.15) is 0 Å². The van der Waals surface area contributed by atoms with E-state index in [0.29, 0.717) is 12.2 Å². The standard InChI is InChI=1S/C23H23N3O4/c1-30-23(29)17-6-2-3-7-18(17)26-22(28)20-16-9-8-15(11-16)19(20)21(27)25-13-14-5-4-10-24-12-14/h2-10,12,15-16,19-20H,11,13H2,1H3,(H,25,27)(H,26,28). The van der Waals surface area contributed by atoms with E-state index in [4.69, 9.17) is 4.74 Å². The van der Waals surface area contributed by atoms with Crippen molar-refractivity contribution in [2.75, 3.05) is 12.4 Å². The number of hydrogen-bond donors (Lipinski definition) is 2. The van der Waals surface area contributed by atoms with Gasteiger partial charge in [0.2, 0.25) is 11.8 Å². The molecule has 2 aromatic rings. The molecule has 1 aromatic carbocycles. The lowest BCUT2D eigenvalue weighted by Crippen LogP contribution is -2.41. The monoisotopic (exact) mass is 405 g/mol. The third-order valence-electron chi connectivity index (χ3n) is 5.84. The van der Waals surface area contributed by atoms with Gasteiger partial charge in [0.05, 0.1) is 30.2 Å². The third kappa shape index (κ3) is 3.83. The summed E-state index contributed by atoms with van der Waals surface area (Å²) in [5.41, 5.74) is 1.57. The van der Waals surface area contributed by atoms with Crippen LogP contribution in [0, 0.1) is 23.7 Å². The van der Waals surface area contributed by atoms with E-state index in [-0.39, 0.29) is 29.2 Å². The van der Waals surface area contributed by atoms with Gasteiger partial charge in [0.15, 0.2) is 0 Å². The van der Waals surface area contributed by atoms with Gasteiger partial charge in [0, 0.05) is 18.9 Å². The molecule has 1 fully saturated rings. The Morgan fingerprint density at radius 2 is 1.77 bits per heavy atom. The van der Waals surface area contributed by atoms with Gasteiger partial charge in [-0.25, -0.2) is 4.79 Å². The van der Waals surface area contributed by atoms with Crippen molar-refractivity contribution in [3.05, 3.63) is 72.1 Å². The molecule has 7 nitrogen and oxygen atoms in total. The molecule has 4 rings (SSSR count). The minimum absolute atomic E-state index is 0.00873. The molecule has 2 aliphatic rings. The van der Waals surface area contributed by atoms with Crippen LogP contribution >= 0.6 is 0 Å². The zero-order chi connectivity index (χ0) is 21.1. The van der Waals surface area contributed by atoms with E-state index in [1.165, 1.54) is 7.11 Å². The molecule has 0 spiro atoms. The number of carbonyl (C=O) groups excluding carboxylic acids is 3. The Morgan fingerprint density at radius 1 is 1.03 bits per heavy atom. The summed E-state index contributed by atoms with van der Waals surface area (Å²) < 4.78 is 4.80. The van der Waals surface area contributed by atoms with E-state index in [2.05, 4.69) is 15.6 Å². The number of carbonyl (C=O) groups is 3. The van der Waals surface area contributed by atoms with Crippen LogP contribution in [-0.4, -0.2) is 29.9 Å². The molecule has 4 atom stereocenters. The fraction of sp³-hybridized carbons (Fsp3) is 0.304. The molecule has 0 aliphatic heterocycles. The number of methoxy groups -OCH3 is 1. The number of para-hydroxylation sites is 1. The van der Waals surface area contributed by atoms with Crippen LogP contribution in [0.5, 0.6) is 0 Å². The molecule has 2 N–H and O–H groups in total.